The van der Waals surface area contributed by atoms with Crippen LogP contribution in [0.3, 0.4) is 0 Å². The molecule has 1 atom stereocenters. The molecule has 0 bridgehead atoms. The molecule has 0 radical (unpaired) electrons. The average molecular weight is 281 g/mol. The molecule has 0 aromatic heterocycles. The van der Waals surface area contributed by atoms with Crippen molar-refractivity contribution in [2.75, 3.05) is 33.5 Å². The maximum atomic E-state index is 5.63. The van der Waals surface area contributed by atoms with Crippen LogP contribution in [0.5, 0.6) is 5.75 Å². The third kappa shape index (κ3) is 6.89. The molecule has 1 aromatic rings. The third-order valence-electron chi connectivity index (χ3n) is 2.88. The van der Waals surface area contributed by atoms with Crippen molar-refractivity contribution < 1.29 is 14.2 Å². The van der Waals surface area contributed by atoms with Crippen LogP contribution < -0.4 is 10.1 Å². The lowest BCUT2D eigenvalue weighted by molar-refractivity contribution is 0.0712. The van der Waals surface area contributed by atoms with Crippen LogP contribution in [0.4, 0.5) is 0 Å². The van der Waals surface area contributed by atoms with E-state index in [1.165, 1.54) is 5.56 Å². The Balaban J connectivity index is 2.27. The van der Waals surface area contributed by atoms with Crippen LogP contribution in [0.15, 0.2) is 24.3 Å². The van der Waals surface area contributed by atoms with Gasteiger partial charge >= 0.3 is 0 Å². The molecule has 114 valence electrons. The fourth-order valence-corrected chi connectivity index (χ4v) is 1.82. The zero-order valence-electron chi connectivity index (χ0n) is 13.0. The first-order valence-corrected chi connectivity index (χ1v) is 7.20. The predicted molar refractivity (Wildman–Crippen MR) is 81.3 cm³/mol. The number of hydrogen-bond acceptors (Lipinski definition) is 4. The lowest BCUT2D eigenvalue weighted by Crippen LogP contribution is -2.23. The molecule has 1 unspecified atom stereocenters. The zero-order valence-corrected chi connectivity index (χ0v) is 13.0. The van der Waals surface area contributed by atoms with Crippen molar-refractivity contribution in [3.05, 3.63) is 29.8 Å². The third-order valence-corrected chi connectivity index (χ3v) is 2.88. The molecule has 1 N–H and O–H groups in total. The van der Waals surface area contributed by atoms with Gasteiger partial charge < -0.3 is 19.5 Å². The molecule has 4 heteroatoms. The number of benzene rings is 1. The summed E-state index contributed by atoms with van der Waals surface area (Å²) in [7, 11) is 1.68. The minimum atomic E-state index is 0.209. The van der Waals surface area contributed by atoms with E-state index in [1.54, 1.807) is 7.11 Å². The van der Waals surface area contributed by atoms with E-state index in [0.717, 1.165) is 12.3 Å². The van der Waals surface area contributed by atoms with E-state index in [4.69, 9.17) is 14.2 Å². The van der Waals surface area contributed by atoms with Crippen molar-refractivity contribution in [1.82, 2.24) is 5.32 Å². The van der Waals surface area contributed by atoms with Crippen LogP contribution in [-0.2, 0) is 9.47 Å². The summed E-state index contributed by atoms with van der Waals surface area (Å²) in [4.78, 5) is 0. The van der Waals surface area contributed by atoms with Gasteiger partial charge in [0, 0.05) is 19.7 Å². The van der Waals surface area contributed by atoms with Gasteiger partial charge in [-0.3, -0.25) is 0 Å². The van der Waals surface area contributed by atoms with Gasteiger partial charge in [0.2, 0.25) is 0 Å². The van der Waals surface area contributed by atoms with Gasteiger partial charge in [-0.15, -0.1) is 0 Å². The van der Waals surface area contributed by atoms with E-state index in [1.807, 2.05) is 26.0 Å². The summed E-state index contributed by atoms with van der Waals surface area (Å²) >= 11 is 0. The number of nitrogens with one attached hydrogen (secondary N) is 1. The molecule has 0 spiro atoms. The van der Waals surface area contributed by atoms with Gasteiger partial charge in [0.25, 0.3) is 0 Å². The molecule has 0 saturated carbocycles. The Morgan fingerprint density at radius 2 is 1.70 bits per heavy atom. The molecule has 4 nitrogen and oxygen atoms in total. The molecule has 0 aliphatic carbocycles. The zero-order chi connectivity index (χ0) is 14.8. The number of hydrogen-bond donors (Lipinski definition) is 1. The Morgan fingerprint density at radius 1 is 1.00 bits per heavy atom. The van der Waals surface area contributed by atoms with E-state index in [9.17, 15) is 0 Å². The summed E-state index contributed by atoms with van der Waals surface area (Å²) in [5.41, 5.74) is 1.25. The van der Waals surface area contributed by atoms with Gasteiger partial charge in [-0.1, -0.05) is 12.1 Å². The van der Waals surface area contributed by atoms with E-state index in [0.29, 0.717) is 25.9 Å². The molecular formula is C16H27NO3. The smallest absolute Gasteiger partial charge is 0.119 e. The maximum Gasteiger partial charge on any atom is 0.119 e. The summed E-state index contributed by atoms with van der Waals surface area (Å²) in [5, 5.41) is 3.43. The largest absolute Gasteiger partial charge is 0.491 e. The van der Waals surface area contributed by atoms with E-state index < -0.39 is 0 Å². The number of ether oxygens (including phenoxy) is 3. The second kappa shape index (κ2) is 9.75. The van der Waals surface area contributed by atoms with Crippen molar-refractivity contribution in [2.24, 2.45) is 0 Å². The highest BCUT2D eigenvalue weighted by molar-refractivity contribution is 5.29. The quantitative estimate of drug-likeness (QED) is 0.669. The van der Waals surface area contributed by atoms with Gasteiger partial charge in [-0.05, 0) is 38.5 Å². The fraction of sp³-hybridized carbons (Fsp3) is 0.625. The normalized spacial score (nSPS) is 12.7. The molecule has 1 rings (SSSR count). The first kappa shape index (κ1) is 17.0. The fourth-order valence-electron chi connectivity index (χ4n) is 1.82. The topological polar surface area (TPSA) is 39.7 Å². The molecule has 0 amide bonds. The van der Waals surface area contributed by atoms with Crippen molar-refractivity contribution >= 4 is 0 Å². The molecule has 0 aliphatic rings. The standard InChI is InChI=1S/C16H27NO3/c1-13(2)20-16-7-5-15(6-8-16)14(3)17-9-10-19-12-11-18-4/h5-8,13-14,17H,9-12H2,1-4H3. The molecule has 20 heavy (non-hydrogen) atoms. The molecule has 0 heterocycles. The molecule has 0 fully saturated rings. The lowest BCUT2D eigenvalue weighted by atomic mass is 10.1. The van der Waals surface area contributed by atoms with Crippen LogP contribution >= 0.6 is 0 Å². The van der Waals surface area contributed by atoms with Crippen LogP contribution in [-0.4, -0.2) is 39.6 Å². The second-order valence-electron chi connectivity index (χ2n) is 5.02. The van der Waals surface area contributed by atoms with Crippen molar-refractivity contribution in [3.8, 4) is 5.75 Å². The van der Waals surface area contributed by atoms with Crippen molar-refractivity contribution in [1.29, 1.82) is 0 Å². The van der Waals surface area contributed by atoms with Crippen LogP contribution in [0, 0.1) is 0 Å². The minimum absolute atomic E-state index is 0.209. The number of methoxy groups -OCH3 is 1. The Labute approximate surface area is 122 Å². The molecule has 1 aromatic carbocycles. The Morgan fingerprint density at radius 3 is 2.30 bits per heavy atom. The van der Waals surface area contributed by atoms with Gasteiger partial charge in [0.05, 0.1) is 25.9 Å². The monoisotopic (exact) mass is 281 g/mol. The highest BCUT2D eigenvalue weighted by atomic mass is 16.5. The second-order valence-corrected chi connectivity index (χ2v) is 5.02. The molecule has 0 aliphatic heterocycles. The van der Waals surface area contributed by atoms with Gasteiger partial charge in [-0.2, -0.15) is 0 Å². The first-order valence-electron chi connectivity index (χ1n) is 7.20. The predicted octanol–water partition coefficient (Wildman–Crippen LogP) is 2.79. The number of rotatable bonds is 10. The summed E-state index contributed by atoms with van der Waals surface area (Å²) in [6, 6.07) is 8.53. The van der Waals surface area contributed by atoms with Crippen LogP contribution in [0.25, 0.3) is 0 Å². The summed E-state index contributed by atoms with van der Waals surface area (Å²) in [5.74, 6) is 0.916. The van der Waals surface area contributed by atoms with E-state index >= 15 is 0 Å². The summed E-state index contributed by atoms with van der Waals surface area (Å²) < 4.78 is 16.0. The minimum Gasteiger partial charge on any atom is -0.491 e. The lowest BCUT2D eigenvalue weighted by Gasteiger charge is -2.15. The van der Waals surface area contributed by atoms with Crippen LogP contribution in [0.2, 0.25) is 0 Å². The van der Waals surface area contributed by atoms with Crippen LogP contribution in [0.1, 0.15) is 32.4 Å². The van der Waals surface area contributed by atoms with Gasteiger partial charge in [0.1, 0.15) is 5.75 Å². The van der Waals surface area contributed by atoms with Gasteiger partial charge in [-0.25, -0.2) is 0 Å². The summed E-state index contributed by atoms with van der Waals surface area (Å²) in [6.45, 7) is 9.02. The molecule has 0 saturated heterocycles. The van der Waals surface area contributed by atoms with Gasteiger partial charge in [0.15, 0.2) is 0 Å². The van der Waals surface area contributed by atoms with E-state index in [2.05, 4.69) is 24.4 Å². The maximum absolute atomic E-state index is 5.63. The highest BCUT2D eigenvalue weighted by Crippen LogP contribution is 2.18. The Hall–Kier alpha value is -1.10. The molecular weight excluding hydrogens is 254 g/mol. The SMILES string of the molecule is COCCOCCNC(C)c1ccc(OC(C)C)cc1. The first-order chi connectivity index (χ1) is 9.63. The summed E-state index contributed by atoms with van der Waals surface area (Å²) in [6.07, 6.45) is 0.209. The van der Waals surface area contributed by atoms with Crippen molar-refractivity contribution in [2.45, 2.75) is 32.9 Å². The Kier molecular flexibility index (Phi) is 8.26. The van der Waals surface area contributed by atoms with Crippen molar-refractivity contribution in [3.63, 3.8) is 0 Å². The van der Waals surface area contributed by atoms with E-state index in [-0.39, 0.29) is 6.10 Å². The average Bonchev–Trinajstić information content (AvgIpc) is 2.42. The Bertz CT molecular complexity index is 351. The highest BCUT2D eigenvalue weighted by Gasteiger charge is 2.05.